The van der Waals surface area contributed by atoms with Gasteiger partial charge in [-0.15, -0.1) is 0 Å². The molecule has 0 bridgehead atoms. The fourth-order valence-electron chi connectivity index (χ4n) is 5.82. The van der Waals surface area contributed by atoms with Crippen LogP contribution < -0.4 is 10.2 Å². The molecule has 4 rings (SSSR count). The number of carbonyl (C=O) groups is 2. The number of amides is 2. The summed E-state index contributed by atoms with van der Waals surface area (Å²) in [7, 11) is 0. The molecular formula is C25H36FN3O3. The molecule has 1 aromatic rings. The van der Waals surface area contributed by atoms with Gasteiger partial charge < -0.3 is 19.9 Å². The van der Waals surface area contributed by atoms with E-state index in [0.29, 0.717) is 17.3 Å². The van der Waals surface area contributed by atoms with Crippen LogP contribution in [0, 0.1) is 17.7 Å². The van der Waals surface area contributed by atoms with Gasteiger partial charge in [-0.25, -0.2) is 9.18 Å². The van der Waals surface area contributed by atoms with Crippen LogP contribution in [-0.2, 0) is 9.53 Å². The second-order valence-electron chi connectivity index (χ2n) is 9.79. The summed E-state index contributed by atoms with van der Waals surface area (Å²) in [6, 6.07) is 4.21. The maximum absolute atomic E-state index is 14.0. The molecule has 3 aliphatic rings. The molecule has 1 atom stereocenters. The number of rotatable bonds is 5. The number of carbonyl (C=O) groups excluding carboxylic acids is 2. The Morgan fingerprint density at radius 3 is 2.44 bits per heavy atom. The van der Waals surface area contributed by atoms with Gasteiger partial charge in [-0.1, -0.05) is 13.8 Å². The SMILES string of the molecule is CCOC(=O)NC1C(=O)N(C2CCN([C@H]3CC[C@@H](C(C)C)CC3)CC2)c2ccc(F)cc21. The Labute approximate surface area is 190 Å². The average Bonchev–Trinajstić information content (AvgIpc) is 3.05. The number of nitrogens with one attached hydrogen (secondary N) is 1. The number of hydrogen-bond acceptors (Lipinski definition) is 4. The lowest BCUT2D eigenvalue weighted by molar-refractivity contribution is -0.120. The summed E-state index contributed by atoms with van der Waals surface area (Å²) >= 11 is 0. The molecule has 1 N–H and O–H groups in total. The first-order chi connectivity index (χ1) is 15.4. The zero-order valence-electron chi connectivity index (χ0n) is 19.5. The Hall–Kier alpha value is -2.15. The molecule has 2 heterocycles. The number of piperidine rings is 1. The van der Waals surface area contributed by atoms with Crippen LogP contribution >= 0.6 is 0 Å². The lowest BCUT2D eigenvalue weighted by atomic mass is 9.79. The van der Waals surface area contributed by atoms with Crippen molar-refractivity contribution in [2.75, 3.05) is 24.6 Å². The first-order valence-electron chi connectivity index (χ1n) is 12.2. The fourth-order valence-corrected chi connectivity index (χ4v) is 5.82. The van der Waals surface area contributed by atoms with Crippen LogP contribution in [0.25, 0.3) is 0 Å². The van der Waals surface area contributed by atoms with Crippen molar-refractivity contribution in [2.24, 2.45) is 11.8 Å². The van der Waals surface area contributed by atoms with Gasteiger partial charge in [-0.05, 0) is 75.5 Å². The summed E-state index contributed by atoms with van der Waals surface area (Å²) in [5, 5.41) is 2.63. The average molecular weight is 446 g/mol. The normalized spacial score (nSPS) is 27.0. The van der Waals surface area contributed by atoms with E-state index in [1.165, 1.54) is 37.8 Å². The monoisotopic (exact) mass is 445 g/mol. The number of anilines is 1. The number of halogens is 1. The molecule has 32 heavy (non-hydrogen) atoms. The Kier molecular flexibility index (Phi) is 7.03. The molecule has 0 spiro atoms. The van der Waals surface area contributed by atoms with E-state index in [0.717, 1.165) is 37.8 Å². The van der Waals surface area contributed by atoms with E-state index in [1.807, 2.05) is 0 Å². The lowest BCUT2D eigenvalue weighted by Gasteiger charge is -2.43. The number of hydrogen-bond donors (Lipinski definition) is 1. The Morgan fingerprint density at radius 2 is 1.81 bits per heavy atom. The Bertz CT molecular complexity index is 830. The third kappa shape index (κ3) is 4.63. The molecule has 0 radical (unpaired) electrons. The van der Waals surface area contributed by atoms with Crippen LogP contribution in [0.15, 0.2) is 18.2 Å². The predicted molar refractivity (Wildman–Crippen MR) is 122 cm³/mol. The highest BCUT2D eigenvalue weighted by Gasteiger charge is 2.43. The van der Waals surface area contributed by atoms with E-state index in [9.17, 15) is 14.0 Å². The number of nitrogens with zero attached hydrogens (tertiary/aromatic N) is 2. The molecule has 2 aliphatic heterocycles. The zero-order chi connectivity index (χ0) is 22.8. The maximum atomic E-state index is 14.0. The Morgan fingerprint density at radius 1 is 1.12 bits per heavy atom. The molecule has 1 saturated carbocycles. The van der Waals surface area contributed by atoms with Crippen LogP contribution in [0.1, 0.15) is 70.9 Å². The van der Waals surface area contributed by atoms with Crippen molar-refractivity contribution in [3.8, 4) is 0 Å². The van der Waals surface area contributed by atoms with E-state index in [-0.39, 0.29) is 18.6 Å². The van der Waals surface area contributed by atoms with Gasteiger partial charge in [0, 0.05) is 30.7 Å². The van der Waals surface area contributed by atoms with Crippen molar-refractivity contribution < 1.29 is 18.7 Å². The molecule has 0 aromatic heterocycles. The second-order valence-corrected chi connectivity index (χ2v) is 9.79. The molecular weight excluding hydrogens is 409 g/mol. The predicted octanol–water partition coefficient (Wildman–Crippen LogP) is 4.64. The van der Waals surface area contributed by atoms with Crippen molar-refractivity contribution in [1.82, 2.24) is 10.2 Å². The summed E-state index contributed by atoms with van der Waals surface area (Å²) in [6.45, 7) is 8.52. The molecule has 7 heteroatoms. The molecule has 6 nitrogen and oxygen atoms in total. The van der Waals surface area contributed by atoms with Crippen molar-refractivity contribution in [2.45, 2.75) is 77.4 Å². The van der Waals surface area contributed by atoms with Gasteiger partial charge >= 0.3 is 6.09 Å². The third-order valence-corrected chi connectivity index (χ3v) is 7.65. The molecule has 176 valence electrons. The topological polar surface area (TPSA) is 61.9 Å². The highest BCUT2D eigenvalue weighted by Crippen LogP contribution is 2.40. The van der Waals surface area contributed by atoms with Gasteiger partial charge in [-0.2, -0.15) is 0 Å². The third-order valence-electron chi connectivity index (χ3n) is 7.65. The number of fused-ring (bicyclic) bond motifs is 1. The van der Waals surface area contributed by atoms with Gasteiger partial charge in [0.05, 0.1) is 12.3 Å². The second kappa shape index (κ2) is 9.77. The van der Waals surface area contributed by atoms with Gasteiger partial charge in [0.1, 0.15) is 11.9 Å². The minimum absolute atomic E-state index is 0.0592. The highest BCUT2D eigenvalue weighted by molar-refractivity contribution is 6.06. The highest BCUT2D eigenvalue weighted by atomic mass is 19.1. The van der Waals surface area contributed by atoms with Crippen molar-refractivity contribution >= 4 is 17.7 Å². The molecule has 2 fully saturated rings. The molecule has 1 aliphatic carbocycles. The quantitative estimate of drug-likeness (QED) is 0.717. The number of alkyl carbamates (subject to hydrolysis) is 1. The van der Waals surface area contributed by atoms with Gasteiger partial charge in [-0.3, -0.25) is 4.79 Å². The molecule has 2 amide bonds. The lowest BCUT2D eigenvalue weighted by Crippen LogP contribution is -2.51. The van der Waals surface area contributed by atoms with Crippen molar-refractivity contribution in [3.63, 3.8) is 0 Å². The van der Waals surface area contributed by atoms with Crippen molar-refractivity contribution in [3.05, 3.63) is 29.6 Å². The van der Waals surface area contributed by atoms with Crippen LogP contribution in [0.4, 0.5) is 14.9 Å². The number of benzene rings is 1. The maximum Gasteiger partial charge on any atom is 0.408 e. The van der Waals surface area contributed by atoms with Gasteiger partial charge in [0.2, 0.25) is 0 Å². The molecule has 1 unspecified atom stereocenters. The summed E-state index contributed by atoms with van der Waals surface area (Å²) in [5.74, 6) is 1.01. The summed E-state index contributed by atoms with van der Waals surface area (Å²) in [6.07, 6.45) is 6.28. The molecule has 1 saturated heterocycles. The van der Waals surface area contributed by atoms with E-state index in [1.54, 1.807) is 17.9 Å². The Balaban J connectivity index is 1.42. The summed E-state index contributed by atoms with van der Waals surface area (Å²) in [4.78, 5) is 29.7. The van der Waals surface area contributed by atoms with Crippen LogP contribution in [0.2, 0.25) is 0 Å². The van der Waals surface area contributed by atoms with E-state index >= 15 is 0 Å². The summed E-state index contributed by atoms with van der Waals surface area (Å²) < 4.78 is 18.9. The van der Waals surface area contributed by atoms with Gasteiger partial charge in [0.25, 0.3) is 5.91 Å². The number of ether oxygens (including phenoxy) is 1. The van der Waals surface area contributed by atoms with Crippen LogP contribution in [0.3, 0.4) is 0 Å². The standard InChI is InChI=1S/C25H36FN3O3/c1-4-32-25(31)27-23-21-15-18(26)7-10-22(21)29(24(23)30)20-11-13-28(14-12-20)19-8-5-17(6-9-19)16(2)3/h7,10,15-17,19-20,23H,4-6,8-9,11-14H2,1-3H3,(H,27,31)/t17-,19+,23?. The van der Waals surface area contributed by atoms with Gasteiger partial charge in [0.15, 0.2) is 0 Å². The van der Waals surface area contributed by atoms with Crippen LogP contribution in [0.5, 0.6) is 0 Å². The largest absolute Gasteiger partial charge is 0.450 e. The first kappa shape index (κ1) is 23.0. The minimum Gasteiger partial charge on any atom is -0.450 e. The first-order valence-corrected chi connectivity index (χ1v) is 12.2. The van der Waals surface area contributed by atoms with Crippen molar-refractivity contribution in [1.29, 1.82) is 0 Å². The zero-order valence-corrected chi connectivity index (χ0v) is 19.5. The minimum atomic E-state index is -0.899. The van der Waals surface area contributed by atoms with Crippen LogP contribution in [-0.4, -0.2) is 48.7 Å². The molecule has 1 aromatic carbocycles. The van der Waals surface area contributed by atoms with E-state index in [2.05, 4.69) is 24.1 Å². The smallest absolute Gasteiger partial charge is 0.408 e. The number of likely N-dealkylation sites (tertiary alicyclic amines) is 1. The van der Waals surface area contributed by atoms with E-state index < -0.39 is 18.0 Å². The fraction of sp³-hybridized carbons (Fsp3) is 0.680. The van der Waals surface area contributed by atoms with E-state index in [4.69, 9.17) is 4.74 Å². The summed E-state index contributed by atoms with van der Waals surface area (Å²) in [5.41, 5.74) is 1.21.